The van der Waals surface area contributed by atoms with Crippen molar-refractivity contribution in [1.82, 2.24) is 0 Å². The van der Waals surface area contributed by atoms with Gasteiger partial charge in [0.05, 0.1) is 18.1 Å². The number of carbonyl (C=O) groups is 1. The third-order valence-electron chi connectivity index (χ3n) is 2.97. The van der Waals surface area contributed by atoms with Gasteiger partial charge in [0.1, 0.15) is 11.4 Å². The van der Waals surface area contributed by atoms with Gasteiger partial charge in [0.2, 0.25) is 0 Å². The third kappa shape index (κ3) is 3.02. The lowest BCUT2D eigenvalue weighted by Crippen LogP contribution is -2.13. The Labute approximate surface area is 113 Å². The molecule has 1 aliphatic rings. The Morgan fingerprint density at radius 2 is 2.35 bits per heavy atom. The lowest BCUT2D eigenvalue weighted by Gasteiger charge is -2.11. The van der Waals surface area contributed by atoms with E-state index in [2.05, 4.69) is 0 Å². The zero-order valence-corrected chi connectivity index (χ0v) is 10.4. The minimum Gasteiger partial charge on any atom is -0.486 e. The van der Waals surface area contributed by atoms with E-state index in [9.17, 15) is 19.3 Å². The molecule has 1 unspecified atom stereocenters. The average Bonchev–Trinajstić information content (AvgIpc) is 2.88. The number of nitrogens with zero attached hydrogens (tertiary/aromatic N) is 1. The Bertz CT molecular complexity index is 541. The number of aromatic carboxylic acids is 1. The van der Waals surface area contributed by atoms with Crippen LogP contribution in [0.5, 0.6) is 5.75 Å². The molecule has 1 aliphatic heterocycles. The maximum Gasteiger partial charge on any atom is 0.338 e. The van der Waals surface area contributed by atoms with Crippen LogP contribution in [0.2, 0.25) is 0 Å². The van der Waals surface area contributed by atoms with Crippen LogP contribution < -0.4 is 4.74 Å². The first kappa shape index (κ1) is 14.2. The summed E-state index contributed by atoms with van der Waals surface area (Å²) in [6.07, 6.45) is 0.767. The van der Waals surface area contributed by atoms with Gasteiger partial charge in [-0.25, -0.2) is 9.18 Å². The van der Waals surface area contributed by atoms with Crippen molar-refractivity contribution < 1.29 is 28.7 Å². The number of nitro groups is 1. The summed E-state index contributed by atoms with van der Waals surface area (Å²) in [5, 5.41) is 19.6. The number of carboxylic acids is 1. The highest BCUT2D eigenvalue weighted by molar-refractivity contribution is 5.89. The van der Waals surface area contributed by atoms with Gasteiger partial charge in [-0.1, -0.05) is 0 Å². The Hall–Kier alpha value is -2.22. The Morgan fingerprint density at radius 3 is 2.90 bits per heavy atom. The highest BCUT2D eigenvalue weighted by Crippen LogP contribution is 2.31. The summed E-state index contributed by atoms with van der Waals surface area (Å²) < 4.78 is 23.9. The summed E-state index contributed by atoms with van der Waals surface area (Å²) in [7, 11) is 0. The number of halogens is 1. The normalized spacial score (nSPS) is 17.9. The molecule has 2 rings (SSSR count). The van der Waals surface area contributed by atoms with Gasteiger partial charge < -0.3 is 14.6 Å². The Kier molecular flexibility index (Phi) is 4.14. The molecular weight excluding hydrogens is 273 g/mol. The topological polar surface area (TPSA) is 98.9 Å². The van der Waals surface area contributed by atoms with Crippen LogP contribution in [0, 0.1) is 21.8 Å². The zero-order valence-electron chi connectivity index (χ0n) is 10.4. The molecule has 1 saturated heterocycles. The van der Waals surface area contributed by atoms with Crippen molar-refractivity contribution in [3.63, 3.8) is 0 Å². The molecule has 0 spiro atoms. The minimum absolute atomic E-state index is 0.0943. The van der Waals surface area contributed by atoms with Crippen molar-refractivity contribution in [2.45, 2.75) is 6.42 Å². The van der Waals surface area contributed by atoms with Gasteiger partial charge in [-0.05, 0) is 6.42 Å². The van der Waals surface area contributed by atoms with Gasteiger partial charge >= 0.3 is 11.7 Å². The Balaban J connectivity index is 2.23. The van der Waals surface area contributed by atoms with Crippen molar-refractivity contribution >= 4 is 11.7 Å². The second-order valence-corrected chi connectivity index (χ2v) is 4.40. The summed E-state index contributed by atoms with van der Waals surface area (Å²) in [5.74, 6) is -2.82. The summed E-state index contributed by atoms with van der Waals surface area (Å²) in [6.45, 7) is 1.25. The molecule has 0 amide bonds. The van der Waals surface area contributed by atoms with Crippen LogP contribution in [0.25, 0.3) is 0 Å². The van der Waals surface area contributed by atoms with Gasteiger partial charge in [-0.2, -0.15) is 0 Å². The Morgan fingerprint density at radius 1 is 1.60 bits per heavy atom. The first-order valence-electron chi connectivity index (χ1n) is 5.91. The molecule has 1 aromatic rings. The standard InChI is InChI=1S/C12H12FNO6/c13-9-4-11(20-6-7-1-2-19-5-7)10(14(17)18)3-8(9)12(15)16/h3-4,7H,1-2,5-6H2,(H,15,16). The van der Waals surface area contributed by atoms with Crippen LogP contribution in [0.3, 0.4) is 0 Å². The van der Waals surface area contributed by atoms with Crippen LogP contribution in [-0.4, -0.2) is 35.8 Å². The lowest BCUT2D eigenvalue weighted by atomic mass is 10.1. The predicted octanol–water partition coefficient (Wildman–Crippen LogP) is 1.85. The average molecular weight is 285 g/mol. The van der Waals surface area contributed by atoms with Crippen LogP contribution >= 0.6 is 0 Å². The van der Waals surface area contributed by atoms with E-state index in [-0.39, 0.29) is 18.3 Å². The van der Waals surface area contributed by atoms with Gasteiger partial charge in [-0.3, -0.25) is 10.1 Å². The van der Waals surface area contributed by atoms with Crippen LogP contribution in [0.1, 0.15) is 16.8 Å². The first-order chi connectivity index (χ1) is 9.49. The molecule has 1 N–H and O–H groups in total. The van der Waals surface area contributed by atoms with E-state index in [4.69, 9.17) is 14.6 Å². The maximum atomic E-state index is 13.5. The molecule has 0 aromatic heterocycles. The van der Waals surface area contributed by atoms with Crippen LogP contribution in [-0.2, 0) is 4.74 Å². The van der Waals surface area contributed by atoms with Gasteiger partial charge in [-0.15, -0.1) is 0 Å². The summed E-state index contributed by atoms with van der Waals surface area (Å²) in [5.41, 5.74) is -1.32. The van der Waals surface area contributed by atoms with E-state index in [1.807, 2.05) is 0 Å². The fraction of sp³-hybridized carbons (Fsp3) is 0.417. The molecule has 0 radical (unpaired) electrons. The predicted molar refractivity (Wildman–Crippen MR) is 64.4 cm³/mol. The van der Waals surface area contributed by atoms with E-state index in [1.54, 1.807) is 0 Å². The van der Waals surface area contributed by atoms with Crippen LogP contribution in [0.15, 0.2) is 12.1 Å². The largest absolute Gasteiger partial charge is 0.486 e. The van der Waals surface area contributed by atoms with E-state index in [1.165, 1.54) is 0 Å². The molecule has 0 aliphatic carbocycles. The van der Waals surface area contributed by atoms with Crippen molar-refractivity contribution in [3.8, 4) is 5.75 Å². The zero-order chi connectivity index (χ0) is 14.7. The third-order valence-corrected chi connectivity index (χ3v) is 2.97. The van der Waals surface area contributed by atoms with Crippen molar-refractivity contribution in [1.29, 1.82) is 0 Å². The van der Waals surface area contributed by atoms with Gasteiger partial charge in [0.25, 0.3) is 0 Å². The molecule has 108 valence electrons. The lowest BCUT2D eigenvalue weighted by molar-refractivity contribution is -0.386. The minimum atomic E-state index is -1.57. The highest BCUT2D eigenvalue weighted by Gasteiger charge is 2.24. The number of carboxylic acid groups (broad SMARTS) is 1. The molecule has 8 heteroatoms. The van der Waals surface area contributed by atoms with E-state index >= 15 is 0 Å². The maximum absolute atomic E-state index is 13.5. The van der Waals surface area contributed by atoms with Crippen LogP contribution in [0.4, 0.5) is 10.1 Å². The second-order valence-electron chi connectivity index (χ2n) is 4.40. The summed E-state index contributed by atoms with van der Waals surface area (Å²) >= 11 is 0. The van der Waals surface area contributed by atoms with Gasteiger partial charge in [0, 0.05) is 24.7 Å². The molecule has 1 atom stereocenters. The SMILES string of the molecule is O=C(O)c1cc([N+](=O)[O-])c(OCC2CCOC2)cc1F. The fourth-order valence-electron chi connectivity index (χ4n) is 1.89. The monoisotopic (exact) mass is 285 g/mol. The smallest absolute Gasteiger partial charge is 0.338 e. The van der Waals surface area contributed by atoms with Gasteiger partial charge in [0.15, 0.2) is 5.75 Å². The summed E-state index contributed by atoms with van der Waals surface area (Å²) in [6, 6.07) is 1.40. The number of hydrogen-bond donors (Lipinski definition) is 1. The van der Waals surface area contributed by atoms with E-state index < -0.39 is 28.0 Å². The molecular formula is C12H12FNO6. The number of rotatable bonds is 5. The molecule has 0 bridgehead atoms. The molecule has 7 nitrogen and oxygen atoms in total. The van der Waals surface area contributed by atoms with E-state index in [0.717, 1.165) is 12.5 Å². The van der Waals surface area contributed by atoms with E-state index in [0.29, 0.717) is 19.3 Å². The number of ether oxygens (including phenoxy) is 2. The quantitative estimate of drug-likeness (QED) is 0.654. The number of nitro benzene ring substituents is 1. The molecule has 20 heavy (non-hydrogen) atoms. The highest BCUT2D eigenvalue weighted by atomic mass is 19.1. The number of benzene rings is 1. The molecule has 1 fully saturated rings. The summed E-state index contributed by atoms with van der Waals surface area (Å²) in [4.78, 5) is 20.8. The van der Waals surface area contributed by atoms with Crippen molar-refractivity contribution in [3.05, 3.63) is 33.6 Å². The second kappa shape index (κ2) is 5.83. The number of hydrogen-bond acceptors (Lipinski definition) is 5. The fourth-order valence-corrected chi connectivity index (χ4v) is 1.89. The molecule has 0 saturated carbocycles. The molecule has 1 heterocycles. The van der Waals surface area contributed by atoms with Crippen molar-refractivity contribution in [2.24, 2.45) is 5.92 Å². The first-order valence-corrected chi connectivity index (χ1v) is 5.91. The van der Waals surface area contributed by atoms with Crippen molar-refractivity contribution in [2.75, 3.05) is 19.8 Å². The molecule has 1 aromatic carbocycles.